The quantitative estimate of drug-likeness (QED) is 0.208. The molecule has 8 nitrogen and oxygen atoms in total. The van der Waals surface area contributed by atoms with E-state index >= 15 is 0 Å². The van der Waals surface area contributed by atoms with E-state index in [1.54, 1.807) is 0 Å². The van der Waals surface area contributed by atoms with Crippen molar-refractivity contribution in [2.45, 2.75) is 18.8 Å². The van der Waals surface area contributed by atoms with E-state index in [9.17, 15) is 23.6 Å². The van der Waals surface area contributed by atoms with Crippen LogP contribution in [0.5, 0.6) is 0 Å². The fourth-order valence-electron chi connectivity index (χ4n) is 1.83. The van der Waals surface area contributed by atoms with Crippen molar-refractivity contribution in [1.29, 1.82) is 0 Å². The molecule has 1 heterocycles. The maximum absolute atomic E-state index is 12.5. The van der Waals surface area contributed by atoms with E-state index in [0.717, 1.165) is 13.0 Å². The highest BCUT2D eigenvalue weighted by molar-refractivity contribution is 9.11. The van der Waals surface area contributed by atoms with Crippen LogP contribution in [0.15, 0.2) is 34.1 Å². The largest absolute Gasteiger partial charge is 0.389 e. The van der Waals surface area contributed by atoms with Crippen LogP contribution in [-0.4, -0.2) is 49.7 Å². The molecule has 0 aliphatic carbocycles. The lowest BCUT2D eigenvalue weighted by molar-refractivity contribution is -0.105. The van der Waals surface area contributed by atoms with Crippen molar-refractivity contribution in [3.8, 4) is 0 Å². The molecule has 0 saturated carbocycles. The monoisotopic (exact) mass is 517 g/mol. The van der Waals surface area contributed by atoms with Gasteiger partial charge < -0.3 is 20.7 Å². The fraction of sp³-hybridized carbons (Fsp3) is 0.267. The minimum Gasteiger partial charge on any atom is -0.389 e. The first-order valence-electron chi connectivity index (χ1n) is 7.49. The van der Waals surface area contributed by atoms with Gasteiger partial charge in [0.1, 0.15) is 12.0 Å². The van der Waals surface area contributed by atoms with E-state index in [1.807, 2.05) is 12.1 Å². The Balaban J connectivity index is 0.000000307. The number of benzene rings is 1. The zero-order valence-electron chi connectivity index (χ0n) is 14.4. The van der Waals surface area contributed by atoms with Gasteiger partial charge in [-0.2, -0.15) is 4.31 Å². The number of aliphatic hydroxyl groups is 2. The van der Waals surface area contributed by atoms with E-state index in [0.29, 0.717) is 12.1 Å². The smallest absolute Gasteiger partial charge is 0.211 e. The Morgan fingerprint density at radius 3 is 2.57 bits per heavy atom. The van der Waals surface area contributed by atoms with Crippen LogP contribution in [0.1, 0.15) is 4.88 Å². The third-order valence-corrected chi connectivity index (χ3v) is 6.07. The van der Waals surface area contributed by atoms with Gasteiger partial charge in [-0.3, -0.25) is 4.79 Å². The molecule has 0 spiro atoms. The molecule has 2 rings (SSSR count). The Hall–Kier alpha value is -0.960. The molecular weight excluding hydrogens is 501 g/mol. The van der Waals surface area contributed by atoms with Gasteiger partial charge in [0.15, 0.2) is 11.2 Å². The molecule has 0 fully saturated rings. The number of likely N-dealkylation sites (N-methyl/N-ethyl adjacent to an activating group) is 1. The summed E-state index contributed by atoms with van der Waals surface area (Å²) in [6, 6.07) is 7.62. The summed E-state index contributed by atoms with van der Waals surface area (Å²) in [6.07, 6.45) is -1.69. The van der Waals surface area contributed by atoms with Crippen molar-refractivity contribution in [1.82, 2.24) is 9.19 Å². The molecule has 1 aromatic carbocycles. The molecule has 3 atom stereocenters. The predicted octanol–water partition coefficient (Wildman–Crippen LogP) is 2.27. The molecule has 1 aromatic heterocycles. The van der Waals surface area contributed by atoms with Gasteiger partial charge in [0.2, 0.25) is 6.41 Å². The van der Waals surface area contributed by atoms with Crippen molar-refractivity contribution >= 4 is 62.1 Å². The van der Waals surface area contributed by atoms with E-state index in [4.69, 9.17) is 16.8 Å². The number of amides is 1. The first kappa shape index (κ1) is 25.1. The highest BCUT2D eigenvalue weighted by Crippen LogP contribution is 2.24. The van der Waals surface area contributed by atoms with Crippen LogP contribution in [-0.2, 0) is 22.4 Å². The van der Waals surface area contributed by atoms with Crippen LogP contribution in [0.25, 0.3) is 0 Å². The normalized spacial score (nSPS) is 14.0. The van der Waals surface area contributed by atoms with Gasteiger partial charge >= 0.3 is 0 Å². The summed E-state index contributed by atoms with van der Waals surface area (Å²) in [6.45, 7) is 0. The van der Waals surface area contributed by atoms with Gasteiger partial charge in [-0.05, 0) is 46.3 Å². The van der Waals surface area contributed by atoms with Crippen molar-refractivity contribution < 1.29 is 28.8 Å². The minimum atomic E-state index is -1.95. The average molecular weight is 519 g/mol. The summed E-state index contributed by atoms with van der Waals surface area (Å²) in [5.41, 5.74) is 0.478. The number of rotatable bonds is 8. The van der Waals surface area contributed by atoms with Crippen LogP contribution >= 0.6 is 38.9 Å². The Morgan fingerprint density at radius 1 is 1.39 bits per heavy atom. The minimum absolute atomic E-state index is 0.00292. The molecule has 13 heteroatoms. The van der Waals surface area contributed by atoms with Gasteiger partial charge in [0.25, 0.3) is 0 Å². The standard InChI is InChI=1S/C8H13BrN2O4S2.C7H5ClFNO/c1-11(17(15)10-14)8(13)6(12)4-5-2-3-7(9)16-5;8-6-3-5(10-4-11)1-2-7(6)9/h2-3,6,8,10,12-14H,4H2,1H3;1-4H,(H,10,11). The van der Waals surface area contributed by atoms with Crippen LogP contribution in [0.4, 0.5) is 10.1 Å². The molecule has 0 radical (unpaired) electrons. The molecule has 156 valence electrons. The van der Waals surface area contributed by atoms with E-state index < -0.39 is 29.3 Å². The van der Waals surface area contributed by atoms with Gasteiger partial charge in [-0.15, -0.1) is 16.2 Å². The average Bonchev–Trinajstić information content (AvgIpc) is 3.08. The topological polar surface area (TPSA) is 122 Å². The predicted molar refractivity (Wildman–Crippen MR) is 110 cm³/mol. The number of nitrogens with zero attached hydrogens (tertiary/aromatic N) is 1. The lowest BCUT2D eigenvalue weighted by Gasteiger charge is -2.24. The summed E-state index contributed by atoms with van der Waals surface area (Å²) in [7, 11) is 1.32. The number of halogens is 3. The maximum atomic E-state index is 12.5. The maximum Gasteiger partial charge on any atom is 0.211 e. The van der Waals surface area contributed by atoms with Gasteiger partial charge in [0, 0.05) is 24.0 Å². The van der Waals surface area contributed by atoms with Crippen molar-refractivity contribution in [3.63, 3.8) is 0 Å². The third-order valence-electron chi connectivity index (χ3n) is 3.24. The zero-order chi connectivity index (χ0) is 21.3. The molecule has 0 aliphatic rings. The molecule has 0 saturated heterocycles. The van der Waals surface area contributed by atoms with Gasteiger partial charge in [-0.25, -0.2) is 8.60 Å². The Morgan fingerprint density at radius 2 is 2.07 bits per heavy atom. The number of anilines is 1. The molecule has 1 amide bonds. The molecule has 0 bridgehead atoms. The van der Waals surface area contributed by atoms with Crippen molar-refractivity contribution in [3.05, 3.63) is 49.8 Å². The number of nitrogens with one attached hydrogen (secondary N) is 2. The van der Waals surface area contributed by atoms with Gasteiger partial charge in [-0.1, -0.05) is 11.6 Å². The van der Waals surface area contributed by atoms with E-state index in [1.165, 1.54) is 41.5 Å². The molecular formula is C15H18BrClFN3O5S2. The number of carbonyl (C=O) groups excluding carboxylic acids is 1. The van der Waals surface area contributed by atoms with Gasteiger partial charge in [0.05, 0.1) is 14.9 Å². The van der Waals surface area contributed by atoms with Crippen LogP contribution < -0.4 is 10.2 Å². The number of carbonyl (C=O) groups is 1. The van der Waals surface area contributed by atoms with Crippen LogP contribution in [0.2, 0.25) is 5.02 Å². The molecule has 28 heavy (non-hydrogen) atoms. The molecule has 5 N–H and O–H groups in total. The summed E-state index contributed by atoms with van der Waals surface area (Å²) in [5.74, 6) is -0.497. The summed E-state index contributed by atoms with van der Waals surface area (Å²) < 4.78 is 25.5. The van der Waals surface area contributed by atoms with Crippen LogP contribution in [0.3, 0.4) is 0 Å². The third kappa shape index (κ3) is 8.19. The Bertz CT molecular complexity index is 801. The summed E-state index contributed by atoms with van der Waals surface area (Å²) in [5, 5.41) is 30.2. The second-order valence-corrected chi connectivity index (χ2v) is 9.38. The van der Waals surface area contributed by atoms with Crippen molar-refractivity contribution in [2.75, 3.05) is 12.4 Å². The number of thiophene rings is 1. The highest BCUT2D eigenvalue weighted by Gasteiger charge is 2.25. The highest BCUT2D eigenvalue weighted by atomic mass is 79.9. The lowest BCUT2D eigenvalue weighted by atomic mass is 10.2. The Kier molecular flexibility index (Phi) is 11.3. The number of hydrogen-bond donors (Lipinski definition) is 5. The fourth-order valence-corrected chi connectivity index (χ4v) is 4.01. The first-order chi connectivity index (χ1) is 13.2. The molecule has 2 aromatic rings. The summed E-state index contributed by atoms with van der Waals surface area (Å²) in [4.78, 5) is 12.3. The SMILES string of the molecule is CN(C(O)C(O)Cc1ccc(Br)s1)S(=O)NO.O=CNc1ccc(F)c(Cl)c1. The number of hydrogen-bond acceptors (Lipinski definition) is 6. The first-order valence-corrected chi connectivity index (χ1v) is 10.6. The lowest BCUT2D eigenvalue weighted by Crippen LogP contribution is -2.45. The van der Waals surface area contributed by atoms with Crippen molar-refractivity contribution in [2.24, 2.45) is 0 Å². The molecule has 3 unspecified atom stereocenters. The van der Waals surface area contributed by atoms with Crippen LogP contribution in [0, 0.1) is 5.82 Å². The second-order valence-electron chi connectivity index (χ2n) is 5.17. The molecule has 0 aliphatic heterocycles. The Labute approximate surface area is 180 Å². The van der Waals surface area contributed by atoms with E-state index in [2.05, 4.69) is 21.2 Å². The zero-order valence-corrected chi connectivity index (χ0v) is 18.4. The number of aliphatic hydroxyl groups excluding tert-OH is 2. The van der Waals surface area contributed by atoms with E-state index in [-0.39, 0.29) is 11.4 Å². The summed E-state index contributed by atoms with van der Waals surface area (Å²) >= 11 is 8.21. The second kappa shape index (κ2) is 12.6.